The molecule has 1 amide bonds. The Bertz CT molecular complexity index is 1010. The van der Waals surface area contributed by atoms with Crippen LogP contribution in [0.5, 0.6) is 5.75 Å². The van der Waals surface area contributed by atoms with Gasteiger partial charge in [0.25, 0.3) is 0 Å². The maximum Gasteiger partial charge on any atom is 0.228 e. The minimum absolute atomic E-state index is 0.0200. The Hall–Kier alpha value is -2.09. The number of nitrogens with zero attached hydrogens (tertiary/aromatic N) is 1. The monoisotopic (exact) mass is 475 g/mol. The van der Waals surface area contributed by atoms with E-state index < -0.39 is 0 Å². The molecule has 0 radical (unpaired) electrons. The van der Waals surface area contributed by atoms with Gasteiger partial charge in [0, 0.05) is 17.0 Å². The van der Waals surface area contributed by atoms with Crippen molar-refractivity contribution in [1.82, 2.24) is 10.2 Å². The van der Waals surface area contributed by atoms with Crippen LogP contribution in [0.2, 0.25) is 0 Å². The van der Waals surface area contributed by atoms with E-state index in [4.69, 9.17) is 4.74 Å². The summed E-state index contributed by atoms with van der Waals surface area (Å²) in [5.74, 6) is 1.49. The highest BCUT2D eigenvalue weighted by atomic mass is 127. The van der Waals surface area contributed by atoms with E-state index in [-0.39, 0.29) is 17.7 Å². The number of aromatic amines is 1. The lowest BCUT2D eigenvalue weighted by Crippen LogP contribution is -2.16. The Balaban J connectivity index is 1.50. The van der Waals surface area contributed by atoms with Gasteiger partial charge in [-0.3, -0.25) is 9.89 Å². The number of carbonyl (C=O) groups excluding carboxylic acids is 1. The summed E-state index contributed by atoms with van der Waals surface area (Å²) in [7, 11) is 1.66. The van der Waals surface area contributed by atoms with Crippen molar-refractivity contribution in [3.63, 3.8) is 0 Å². The number of hydrogen-bond donors (Lipinski definition) is 2. The predicted octanol–water partition coefficient (Wildman–Crippen LogP) is 5.04. The van der Waals surface area contributed by atoms with Gasteiger partial charge in [0.1, 0.15) is 9.45 Å². The first-order valence-electron chi connectivity index (χ1n) is 9.10. The second-order valence-electron chi connectivity index (χ2n) is 7.37. The van der Waals surface area contributed by atoms with Gasteiger partial charge in [-0.15, -0.1) is 0 Å². The largest absolute Gasteiger partial charge is 0.497 e. The number of halogens is 1. The number of amides is 1. The summed E-state index contributed by atoms with van der Waals surface area (Å²) >= 11 is 2.22. The van der Waals surface area contributed by atoms with E-state index in [2.05, 4.69) is 70.2 Å². The molecule has 27 heavy (non-hydrogen) atoms. The second-order valence-corrected chi connectivity index (χ2v) is 8.39. The molecule has 0 saturated heterocycles. The molecule has 1 fully saturated rings. The van der Waals surface area contributed by atoms with Gasteiger partial charge in [-0.25, -0.2) is 0 Å². The van der Waals surface area contributed by atoms with Gasteiger partial charge < -0.3 is 10.1 Å². The highest BCUT2D eigenvalue weighted by Crippen LogP contribution is 2.48. The molecule has 0 unspecified atom stereocenters. The minimum Gasteiger partial charge on any atom is -0.497 e. The molecular weight excluding hydrogens is 453 g/mol. The zero-order valence-corrected chi connectivity index (χ0v) is 17.7. The lowest BCUT2D eigenvalue weighted by molar-refractivity contribution is -0.117. The summed E-state index contributed by atoms with van der Waals surface area (Å²) in [5, 5.41) is 11.6. The van der Waals surface area contributed by atoms with Crippen LogP contribution in [-0.2, 0) is 4.79 Å². The van der Waals surface area contributed by atoms with E-state index in [1.807, 2.05) is 18.2 Å². The Morgan fingerprint density at radius 3 is 2.85 bits per heavy atom. The highest BCUT2D eigenvalue weighted by molar-refractivity contribution is 14.1. The first kappa shape index (κ1) is 18.3. The molecule has 0 aliphatic heterocycles. The molecular formula is C21H22IN3O2. The average molecular weight is 475 g/mol. The second kappa shape index (κ2) is 7.14. The van der Waals surface area contributed by atoms with Gasteiger partial charge >= 0.3 is 0 Å². The molecule has 140 valence electrons. The van der Waals surface area contributed by atoms with Crippen LogP contribution in [0.15, 0.2) is 36.4 Å². The fraction of sp³-hybridized carbons (Fsp3) is 0.333. The summed E-state index contributed by atoms with van der Waals surface area (Å²) < 4.78 is 6.29. The summed E-state index contributed by atoms with van der Waals surface area (Å²) in [6.07, 6.45) is 0.885. The number of benzene rings is 2. The number of nitrogens with one attached hydrogen (secondary N) is 2. The first-order valence-corrected chi connectivity index (χ1v) is 10.2. The topological polar surface area (TPSA) is 67.0 Å². The number of aromatic nitrogens is 2. The quantitative estimate of drug-likeness (QED) is 0.508. The molecule has 2 N–H and O–H groups in total. The van der Waals surface area contributed by atoms with Gasteiger partial charge in [-0.2, -0.15) is 5.10 Å². The number of carbonyl (C=O) groups is 1. The number of rotatable bonds is 5. The third-order valence-electron chi connectivity index (χ3n) is 5.23. The van der Waals surface area contributed by atoms with Crippen LogP contribution in [0.3, 0.4) is 0 Å². The normalized spacial score (nSPS) is 18.7. The molecule has 3 aromatic rings. The molecule has 1 aromatic heterocycles. The molecule has 2 atom stereocenters. The fourth-order valence-corrected chi connectivity index (χ4v) is 4.16. The molecule has 5 nitrogen and oxygen atoms in total. The SMILES string of the molecule is COc1ccc(NC(=O)[C@@H]2C[C@H]2c2ccc3c(I)n[nH]c3c2)c(C(C)C)c1. The van der Waals surface area contributed by atoms with Gasteiger partial charge in [-0.05, 0) is 82.3 Å². The molecule has 0 spiro atoms. The minimum atomic E-state index is 0.0200. The number of H-pyrrole nitrogens is 1. The highest BCUT2D eigenvalue weighted by Gasteiger charge is 2.44. The summed E-state index contributed by atoms with van der Waals surface area (Å²) in [6.45, 7) is 4.23. The van der Waals surface area contributed by atoms with Gasteiger partial charge in [0.15, 0.2) is 0 Å². The van der Waals surface area contributed by atoms with Crippen molar-refractivity contribution in [3.05, 3.63) is 51.2 Å². The number of anilines is 1. The van der Waals surface area contributed by atoms with Gasteiger partial charge in [-0.1, -0.05) is 19.9 Å². The third kappa shape index (κ3) is 3.54. The Labute approximate surface area is 172 Å². The van der Waals surface area contributed by atoms with Crippen LogP contribution >= 0.6 is 22.6 Å². The van der Waals surface area contributed by atoms with Crippen molar-refractivity contribution < 1.29 is 9.53 Å². The van der Waals surface area contributed by atoms with Crippen molar-refractivity contribution in [2.75, 3.05) is 12.4 Å². The standard InChI is InChI=1S/C21H22IN3O2/c1-11(2)15-9-13(27-3)5-7-18(15)23-21(26)17-10-16(17)12-4-6-14-19(8-12)24-25-20(14)22/h4-9,11,16-17H,10H2,1-3H3,(H,23,26)(H,24,25)/t16-,17+/m0/s1. The molecule has 1 aliphatic carbocycles. The zero-order chi connectivity index (χ0) is 19.1. The molecule has 1 aliphatic rings. The summed E-state index contributed by atoms with van der Waals surface area (Å²) in [6, 6.07) is 12.1. The van der Waals surface area contributed by atoms with Crippen molar-refractivity contribution in [1.29, 1.82) is 0 Å². The van der Waals surface area contributed by atoms with E-state index in [9.17, 15) is 4.79 Å². The zero-order valence-electron chi connectivity index (χ0n) is 15.5. The fourth-order valence-electron chi connectivity index (χ4n) is 3.57. The lowest BCUT2D eigenvalue weighted by atomic mass is 10.0. The van der Waals surface area contributed by atoms with Crippen molar-refractivity contribution in [2.45, 2.75) is 32.1 Å². The first-order chi connectivity index (χ1) is 13.0. The van der Waals surface area contributed by atoms with Crippen molar-refractivity contribution >= 4 is 45.1 Å². The van der Waals surface area contributed by atoms with Crippen LogP contribution in [0, 0.1) is 9.62 Å². The van der Waals surface area contributed by atoms with Crippen LogP contribution in [-0.4, -0.2) is 23.2 Å². The number of ether oxygens (including phenoxy) is 1. The van der Waals surface area contributed by atoms with E-state index >= 15 is 0 Å². The number of hydrogen-bond acceptors (Lipinski definition) is 3. The van der Waals surface area contributed by atoms with Gasteiger partial charge in [0.05, 0.1) is 12.6 Å². The van der Waals surface area contributed by atoms with E-state index in [1.54, 1.807) is 7.11 Å². The van der Waals surface area contributed by atoms with Crippen molar-refractivity contribution in [2.24, 2.45) is 5.92 Å². The van der Waals surface area contributed by atoms with E-state index in [0.717, 1.165) is 38.0 Å². The summed E-state index contributed by atoms with van der Waals surface area (Å²) in [4.78, 5) is 12.8. The smallest absolute Gasteiger partial charge is 0.228 e. The molecule has 6 heteroatoms. The van der Waals surface area contributed by atoms with Crippen LogP contribution < -0.4 is 10.1 Å². The summed E-state index contributed by atoms with van der Waals surface area (Å²) in [5.41, 5.74) is 4.19. The van der Waals surface area contributed by atoms with Crippen LogP contribution in [0.4, 0.5) is 5.69 Å². The molecule has 1 saturated carbocycles. The van der Waals surface area contributed by atoms with E-state index in [1.165, 1.54) is 5.56 Å². The molecule has 2 aromatic carbocycles. The van der Waals surface area contributed by atoms with Crippen LogP contribution in [0.1, 0.15) is 43.2 Å². The predicted molar refractivity (Wildman–Crippen MR) is 115 cm³/mol. The molecule has 0 bridgehead atoms. The average Bonchev–Trinajstić information content (AvgIpc) is 3.39. The number of fused-ring (bicyclic) bond motifs is 1. The maximum atomic E-state index is 12.8. The number of methoxy groups -OCH3 is 1. The maximum absolute atomic E-state index is 12.8. The van der Waals surface area contributed by atoms with Crippen LogP contribution in [0.25, 0.3) is 10.9 Å². The Morgan fingerprint density at radius 2 is 2.11 bits per heavy atom. The Morgan fingerprint density at radius 1 is 1.30 bits per heavy atom. The molecule has 1 heterocycles. The third-order valence-corrected chi connectivity index (χ3v) is 6.06. The Kier molecular flexibility index (Phi) is 4.84. The van der Waals surface area contributed by atoms with E-state index in [0.29, 0.717) is 5.92 Å². The van der Waals surface area contributed by atoms with Gasteiger partial charge in [0.2, 0.25) is 5.91 Å². The van der Waals surface area contributed by atoms with Crippen molar-refractivity contribution in [3.8, 4) is 5.75 Å². The lowest BCUT2D eigenvalue weighted by Gasteiger charge is -2.15. The molecule has 4 rings (SSSR count).